The van der Waals surface area contributed by atoms with Gasteiger partial charge in [-0.25, -0.2) is 0 Å². The van der Waals surface area contributed by atoms with Gasteiger partial charge in [0.1, 0.15) is 0 Å². The Morgan fingerprint density at radius 3 is 2.35 bits per heavy atom. The normalized spacial score (nSPS) is 10.4. The molecule has 0 saturated carbocycles. The SMILES string of the molecule is Cc1cc(C)c([N+](=O)[O-])cc1NC(=O)C(C)C. The van der Waals surface area contributed by atoms with Crippen molar-refractivity contribution in [2.75, 3.05) is 5.32 Å². The van der Waals surface area contributed by atoms with Gasteiger partial charge in [-0.15, -0.1) is 0 Å². The number of aryl methyl sites for hydroxylation is 2. The van der Waals surface area contributed by atoms with Crippen LogP contribution < -0.4 is 5.32 Å². The van der Waals surface area contributed by atoms with Crippen LogP contribution in [0.2, 0.25) is 0 Å². The molecule has 1 amide bonds. The van der Waals surface area contributed by atoms with E-state index < -0.39 is 4.92 Å². The Bertz CT molecular complexity index is 467. The average Bonchev–Trinajstić information content (AvgIpc) is 2.21. The van der Waals surface area contributed by atoms with E-state index in [0.29, 0.717) is 11.3 Å². The highest BCUT2D eigenvalue weighted by atomic mass is 16.6. The molecule has 0 bridgehead atoms. The molecule has 0 atom stereocenters. The van der Waals surface area contributed by atoms with Gasteiger partial charge in [0.2, 0.25) is 5.91 Å². The molecule has 17 heavy (non-hydrogen) atoms. The van der Waals surface area contributed by atoms with Crippen LogP contribution in [-0.4, -0.2) is 10.8 Å². The molecule has 1 rings (SSSR count). The lowest BCUT2D eigenvalue weighted by molar-refractivity contribution is -0.385. The van der Waals surface area contributed by atoms with Crippen molar-refractivity contribution >= 4 is 17.3 Å². The van der Waals surface area contributed by atoms with Gasteiger partial charge in [-0.1, -0.05) is 13.8 Å². The van der Waals surface area contributed by atoms with Gasteiger partial charge in [0, 0.05) is 17.5 Å². The van der Waals surface area contributed by atoms with Crippen molar-refractivity contribution in [1.82, 2.24) is 0 Å². The van der Waals surface area contributed by atoms with Crippen LogP contribution in [0.15, 0.2) is 12.1 Å². The molecule has 0 unspecified atom stereocenters. The lowest BCUT2D eigenvalue weighted by atomic mass is 10.1. The number of benzene rings is 1. The zero-order chi connectivity index (χ0) is 13.2. The predicted octanol–water partition coefficient (Wildman–Crippen LogP) is 2.81. The summed E-state index contributed by atoms with van der Waals surface area (Å²) in [5.41, 5.74) is 1.94. The Morgan fingerprint density at radius 2 is 1.88 bits per heavy atom. The first-order valence-electron chi connectivity index (χ1n) is 5.39. The number of nitrogens with one attached hydrogen (secondary N) is 1. The van der Waals surface area contributed by atoms with Crippen molar-refractivity contribution in [3.63, 3.8) is 0 Å². The van der Waals surface area contributed by atoms with E-state index >= 15 is 0 Å². The monoisotopic (exact) mass is 236 g/mol. The molecule has 1 aromatic carbocycles. The van der Waals surface area contributed by atoms with Crippen molar-refractivity contribution < 1.29 is 9.72 Å². The Hall–Kier alpha value is -1.91. The number of hydrogen-bond acceptors (Lipinski definition) is 3. The quantitative estimate of drug-likeness (QED) is 0.647. The number of nitro groups is 1. The molecule has 1 N–H and O–H groups in total. The van der Waals surface area contributed by atoms with Crippen LogP contribution in [-0.2, 0) is 4.79 Å². The van der Waals surface area contributed by atoms with Gasteiger partial charge in [-0.05, 0) is 25.5 Å². The maximum atomic E-state index is 11.5. The molecule has 0 saturated heterocycles. The fraction of sp³-hybridized carbons (Fsp3) is 0.417. The van der Waals surface area contributed by atoms with Crippen LogP contribution in [0.3, 0.4) is 0 Å². The lowest BCUT2D eigenvalue weighted by Crippen LogP contribution is -2.18. The fourth-order valence-corrected chi connectivity index (χ4v) is 1.45. The Balaban J connectivity index is 3.12. The summed E-state index contributed by atoms with van der Waals surface area (Å²) in [7, 11) is 0. The first-order valence-corrected chi connectivity index (χ1v) is 5.39. The molecule has 0 heterocycles. The molecular formula is C12H16N2O3. The van der Waals surface area contributed by atoms with Crippen LogP contribution in [0.5, 0.6) is 0 Å². The standard InChI is InChI=1S/C12H16N2O3/c1-7(2)12(15)13-10-6-11(14(16)17)9(4)5-8(10)3/h5-7H,1-4H3,(H,13,15). The van der Waals surface area contributed by atoms with Gasteiger partial charge in [-0.2, -0.15) is 0 Å². The summed E-state index contributed by atoms with van der Waals surface area (Å²) in [6, 6.07) is 3.11. The molecule has 5 heteroatoms. The molecule has 0 aliphatic rings. The van der Waals surface area contributed by atoms with Gasteiger partial charge < -0.3 is 5.32 Å². The van der Waals surface area contributed by atoms with E-state index in [-0.39, 0.29) is 17.5 Å². The first kappa shape index (κ1) is 13.2. The van der Waals surface area contributed by atoms with Gasteiger partial charge >= 0.3 is 0 Å². The van der Waals surface area contributed by atoms with Crippen molar-refractivity contribution in [1.29, 1.82) is 0 Å². The minimum absolute atomic E-state index is 0.0228. The number of hydrogen-bond donors (Lipinski definition) is 1. The minimum Gasteiger partial charge on any atom is -0.325 e. The topological polar surface area (TPSA) is 72.2 Å². The van der Waals surface area contributed by atoms with E-state index in [0.717, 1.165) is 5.56 Å². The molecule has 0 aliphatic carbocycles. The summed E-state index contributed by atoms with van der Waals surface area (Å²) in [5, 5.41) is 13.5. The van der Waals surface area contributed by atoms with E-state index in [4.69, 9.17) is 0 Å². The molecule has 5 nitrogen and oxygen atoms in total. The number of nitrogens with zero attached hydrogens (tertiary/aromatic N) is 1. The predicted molar refractivity (Wildman–Crippen MR) is 66.0 cm³/mol. The third-order valence-electron chi connectivity index (χ3n) is 2.52. The highest BCUT2D eigenvalue weighted by Gasteiger charge is 2.15. The second kappa shape index (κ2) is 4.95. The van der Waals surface area contributed by atoms with Crippen molar-refractivity contribution in [2.24, 2.45) is 5.92 Å². The molecule has 0 aromatic heterocycles. The van der Waals surface area contributed by atoms with E-state index in [1.165, 1.54) is 6.07 Å². The van der Waals surface area contributed by atoms with Gasteiger partial charge in [0.25, 0.3) is 5.69 Å². The molecular weight excluding hydrogens is 220 g/mol. The summed E-state index contributed by atoms with van der Waals surface area (Å²) >= 11 is 0. The zero-order valence-electron chi connectivity index (χ0n) is 10.4. The number of rotatable bonds is 3. The second-order valence-electron chi connectivity index (χ2n) is 4.35. The number of nitro benzene ring substituents is 1. The lowest BCUT2D eigenvalue weighted by Gasteiger charge is -2.11. The largest absolute Gasteiger partial charge is 0.325 e. The van der Waals surface area contributed by atoms with E-state index in [2.05, 4.69) is 5.32 Å². The molecule has 0 aliphatic heterocycles. The number of carbonyl (C=O) groups is 1. The highest BCUT2D eigenvalue weighted by Crippen LogP contribution is 2.26. The van der Waals surface area contributed by atoms with Gasteiger partial charge in [0.15, 0.2) is 0 Å². The maximum Gasteiger partial charge on any atom is 0.274 e. The van der Waals surface area contributed by atoms with E-state index in [9.17, 15) is 14.9 Å². The van der Waals surface area contributed by atoms with Crippen molar-refractivity contribution in [3.8, 4) is 0 Å². The van der Waals surface area contributed by atoms with Gasteiger partial charge in [0.05, 0.1) is 10.6 Å². The summed E-state index contributed by atoms with van der Waals surface area (Å²) in [6.07, 6.45) is 0. The summed E-state index contributed by atoms with van der Waals surface area (Å²) < 4.78 is 0. The van der Waals surface area contributed by atoms with Crippen molar-refractivity contribution in [3.05, 3.63) is 33.4 Å². The summed E-state index contributed by atoms with van der Waals surface area (Å²) in [5.74, 6) is -0.305. The van der Waals surface area contributed by atoms with Crippen LogP contribution >= 0.6 is 0 Å². The Kier molecular flexibility index (Phi) is 3.83. The molecule has 0 spiro atoms. The Morgan fingerprint density at radius 1 is 1.29 bits per heavy atom. The number of amides is 1. The van der Waals surface area contributed by atoms with E-state index in [1.54, 1.807) is 26.8 Å². The smallest absolute Gasteiger partial charge is 0.274 e. The van der Waals surface area contributed by atoms with Crippen LogP contribution in [0, 0.1) is 29.9 Å². The van der Waals surface area contributed by atoms with Crippen molar-refractivity contribution in [2.45, 2.75) is 27.7 Å². The maximum absolute atomic E-state index is 11.5. The average molecular weight is 236 g/mol. The van der Waals surface area contributed by atoms with Crippen LogP contribution in [0.25, 0.3) is 0 Å². The molecule has 0 radical (unpaired) electrons. The number of carbonyl (C=O) groups excluding carboxylic acids is 1. The second-order valence-corrected chi connectivity index (χ2v) is 4.35. The fourth-order valence-electron chi connectivity index (χ4n) is 1.45. The van der Waals surface area contributed by atoms with Crippen LogP contribution in [0.4, 0.5) is 11.4 Å². The zero-order valence-corrected chi connectivity index (χ0v) is 10.4. The summed E-state index contributed by atoms with van der Waals surface area (Å²) in [6.45, 7) is 7.03. The van der Waals surface area contributed by atoms with Gasteiger partial charge in [-0.3, -0.25) is 14.9 Å². The summed E-state index contributed by atoms with van der Waals surface area (Å²) in [4.78, 5) is 21.9. The molecule has 1 aromatic rings. The van der Waals surface area contributed by atoms with E-state index in [1.807, 2.05) is 6.92 Å². The third kappa shape index (κ3) is 3.03. The Labute approximate surface area is 100.0 Å². The number of anilines is 1. The highest BCUT2D eigenvalue weighted by molar-refractivity contribution is 5.93. The first-order chi connectivity index (χ1) is 7.82. The third-order valence-corrected chi connectivity index (χ3v) is 2.52. The molecule has 0 fully saturated rings. The molecule has 92 valence electrons. The minimum atomic E-state index is -0.445. The van der Waals surface area contributed by atoms with Crippen LogP contribution in [0.1, 0.15) is 25.0 Å².